The van der Waals surface area contributed by atoms with E-state index in [1.165, 1.54) is 36.4 Å². The summed E-state index contributed by atoms with van der Waals surface area (Å²) >= 11 is 0. The van der Waals surface area contributed by atoms with Gasteiger partial charge in [0.05, 0.1) is 11.3 Å². The Morgan fingerprint density at radius 2 is 1.52 bits per heavy atom. The maximum atomic E-state index is 13.2. The molecule has 3 amide bonds. The van der Waals surface area contributed by atoms with Crippen LogP contribution in [0.4, 0.5) is 16.2 Å². The number of carboxylic acid groups (broad SMARTS) is 1. The molecule has 0 aliphatic heterocycles. The molecule has 0 saturated carbocycles. The van der Waals surface area contributed by atoms with Crippen LogP contribution in [-0.2, 0) is 14.6 Å². The molecule has 0 bridgehead atoms. The van der Waals surface area contributed by atoms with Crippen LogP contribution in [0.2, 0.25) is 0 Å². The number of anilines is 2. The first-order valence-corrected chi connectivity index (χ1v) is 11.3. The molecule has 33 heavy (non-hydrogen) atoms. The molecule has 1 unspecified atom stereocenters. The van der Waals surface area contributed by atoms with E-state index in [2.05, 4.69) is 10.6 Å². The zero-order valence-electron chi connectivity index (χ0n) is 17.3. The molecular weight excluding hydrogens is 446 g/mol. The monoisotopic (exact) mass is 467 g/mol. The number of carboxylic acids is 1. The van der Waals surface area contributed by atoms with Gasteiger partial charge in [-0.1, -0.05) is 36.4 Å². The summed E-state index contributed by atoms with van der Waals surface area (Å²) in [5.74, 6) is -1.71. The van der Waals surface area contributed by atoms with Crippen molar-refractivity contribution >= 4 is 39.1 Å². The Bertz CT molecular complexity index is 1280. The number of hydrogen-bond acceptors (Lipinski definition) is 5. The molecule has 0 saturated heterocycles. The van der Waals surface area contributed by atoms with Crippen LogP contribution >= 0.6 is 0 Å². The van der Waals surface area contributed by atoms with Crippen molar-refractivity contribution in [3.8, 4) is 0 Å². The number of primary amides is 1. The molecule has 0 aliphatic carbocycles. The third-order valence-electron chi connectivity index (χ3n) is 4.74. The minimum Gasteiger partial charge on any atom is -0.481 e. The number of amides is 3. The van der Waals surface area contributed by atoms with Gasteiger partial charge >= 0.3 is 12.0 Å². The van der Waals surface area contributed by atoms with E-state index in [0.717, 1.165) is 0 Å². The van der Waals surface area contributed by atoms with Crippen LogP contribution in [0.15, 0.2) is 83.8 Å². The summed E-state index contributed by atoms with van der Waals surface area (Å²) in [4.78, 5) is 34.7. The van der Waals surface area contributed by atoms with Gasteiger partial charge in [-0.25, -0.2) is 13.2 Å². The smallest absolute Gasteiger partial charge is 0.316 e. The summed E-state index contributed by atoms with van der Waals surface area (Å²) in [5, 5.41) is 13.0. The van der Waals surface area contributed by atoms with Crippen LogP contribution in [0.3, 0.4) is 0 Å². The first-order chi connectivity index (χ1) is 15.7. The number of benzene rings is 3. The van der Waals surface area contributed by atoms with Crippen molar-refractivity contribution in [3.63, 3.8) is 0 Å². The molecule has 170 valence electrons. The van der Waals surface area contributed by atoms with Crippen molar-refractivity contribution in [2.75, 3.05) is 10.6 Å². The second kappa shape index (κ2) is 9.96. The van der Waals surface area contributed by atoms with E-state index in [1.807, 2.05) is 0 Å². The molecule has 9 nitrogen and oxygen atoms in total. The summed E-state index contributed by atoms with van der Waals surface area (Å²) in [6, 6.07) is 19.0. The maximum Gasteiger partial charge on any atom is 0.316 e. The van der Waals surface area contributed by atoms with Gasteiger partial charge in [0.1, 0.15) is 5.25 Å². The molecule has 0 aliphatic rings. The van der Waals surface area contributed by atoms with Crippen LogP contribution in [0.1, 0.15) is 27.6 Å². The molecule has 0 fully saturated rings. The van der Waals surface area contributed by atoms with Crippen LogP contribution in [0.25, 0.3) is 0 Å². The Hall–Kier alpha value is -4.18. The second-order valence-electron chi connectivity index (χ2n) is 7.09. The topological polar surface area (TPSA) is 156 Å². The van der Waals surface area contributed by atoms with Gasteiger partial charge in [-0.2, -0.15) is 0 Å². The number of nitrogens with one attached hydrogen (secondary N) is 2. The van der Waals surface area contributed by atoms with Gasteiger partial charge in [0.25, 0.3) is 5.91 Å². The number of carbonyl (C=O) groups excluding carboxylic acids is 2. The first kappa shape index (κ1) is 23.5. The molecule has 5 N–H and O–H groups in total. The molecule has 0 radical (unpaired) electrons. The lowest BCUT2D eigenvalue weighted by atomic mass is 10.1. The summed E-state index contributed by atoms with van der Waals surface area (Å²) in [6.45, 7) is 0. The van der Waals surface area contributed by atoms with E-state index in [9.17, 15) is 27.9 Å². The predicted molar refractivity (Wildman–Crippen MR) is 123 cm³/mol. The van der Waals surface area contributed by atoms with Gasteiger partial charge in [0.15, 0.2) is 9.84 Å². The van der Waals surface area contributed by atoms with E-state index in [0.29, 0.717) is 16.9 Å². The number of aliphatic carboxylic acids is 1. The molecular formula is C23H21N3O6S. The van der Waals surface area contributed by atoms with Crippen molar-refractivity contribution in [3.05, 3.63) is 90.0 Å². The van der Waals surface area contributed by atoms with Gasteiger partial charge in [-0.3, -0.25) is 9.59 Å². The molecule has 3 rings (SSSR count). The Labute approximate surface area is 190 Å². The number of rotatable bonds is 8. The van der Waals surface area contributed by atoms with Crippen LogP contribution < -0.4 is 16.4 Å². The van der Waals surface area contributed by atoms with E-state index >= 15 is 0 Å². The van der Waals surface area contributed by atoms with Gasteiger partial charge in [-0.05, 0) is 48.0 Å². The third kappa shape index (κ3) is 5.95. The fourth-order valence-electron chi connectivity index (χ4n) is 3.21. The third-order valence-corrected chi connectivity index (χ3v) is 6.86. The number of sulfone groups is 1. The predicted octanol–water partition coefficient (Wildman–Crippen LogP) is 3.42. The van der Waals surface area contributed by atoms with Crippen LogP contribution in [0, 0.1) is 0 Å². The highest BCUT2D eigenvalue weighted by atomic mass is 32.2. The van der Waals surface area contributed by atoms with Crippen molar-refractivity contribution in [1.29, 1.82) is 0 Å². The summed E-state index contributed by atoms with van der Waals surface area (Å²) in [6.07, 6.45) is -0.583. The largest absolute Gasteiger partial charge is 0.481 e. The summed E-state index contributed by atoms with van der Waals surface area (Å²) in [7, 11) is -4.01. The van der Waals surface area contributed by atoms with E-state index < -0.39 is 39.4 Å². The summed E-state index contributed by atoms with van der Waals surface area (Å²) < 4.78 is 26.3. The average molecular weight is 468 g/mol. The number of hydrogen-bond donors (Lipinski definition) is 4. The lowest BCUT2D eigenvalue weighted by Crippen LogP contribution is -2.20. The minimum atomic E-state index is -4.01. The number of carbonyl (C=O) groups is 3. The van der Waals surface area contributed by atoms with E-state index in [1.54, 1.807) is 42.5 Å². The normalized spacial score (nSPS) is 11.9. The molecule has 0 aromatic heterocycles. The van der Waals surface area contributed by atoms with E-state index in [-0.39, 0.29) is 10.5 Å². The van der Waals surface area contributed by atoms with Crippen LogP contribution in [-0.4, -0.2) is 31.4 Å². The van der Waals surface area contributed by atoms with Crippen molar-refractivity contribution < 1.29 is 27.9 Å². The zero-order valence-corrected chi connectivity index (χ0v) is 18.1. The zero-order chi connectivity index (χ0) is 24.0. The highest BCUT2D eigenvalue weighted by Crippen LogP contribution is 2.32. The molecule has 1 atom stereocenters. The quantitative estimate of drug-likeness (QED) is 0.398. The van der Waals surface area contributed by atoms with Gasteiger partial charge in [0.2, 0.25) is 0 Å². The van der Waals surface area contributed by atoms with Gasteiger partial charge < -0.3 is 21.5 Å². The standard InChI is InChI=1S/C23H21N3O6S/c24-23(30)26-18-8-4-7-16(13-18)22(29)25-17-9-11-19(12-10-17)33(31,32)20(14-21(27)28)15-5-2-1-3-6-15/h1-13,20H,14H2,(H,25,29)(H,27,28)(H3,24,26,30). The lowest BCUT2D eigenvalue weighted by molar-refractivity contribution is -0.137. The Morgan fingerprint density at radius 1 is 0.848 bits per heavy atom. The lowest BCUT2D eigenvalue weighted by Gasteiger charge is -2.17. The SMILES string of the molecule is NC(=O)Nc1cccc(C(=O)Nc2ccc(S(=O)(=O)C(CC(=O)O)c3ccccc3)cc2)c1. The fourth-order valence-corrected chi connectivity index (χ4v) is 4.93. The van der Waals surface area contributed by atoms with Crippen molar-refractivity contribution in [2.24, 2.45) is 5.73 Å². The van der Waals surface area contributed by atoms with E-state index in [4.69, 9.17) is 5.73 Å². The van der Waals surface area contributed by atoms with Crippen LogP contribution in [0.5, 0.6) is 0 Å². The minimum absolute atomic E-state index is 0.0664. The molecule has 3 aromatic rings. The van der Waals surface area contributed by atoms with Crippen molar-refractivity contribution in [1.82, 2.24) is 0 Å². The number of nitrogens with two attached hydrogens (primary N) is 1. The number of urea groups is 1. The average Bonchev–Trinajstić information content (AvgIpc) is 2.78. The second-order valence-corrected chi connectivity index (χ2v) is 9.22. The van der Waals surface area contributed by atoms with Gasteiger partial charge in [0, 0.05) is 16.9 Å². The molecule has 0 heterocycles. The molecule has 3 aromatic carbocycles. The van der Waals surface area contributed by atoms with Crippen molar-refractivity contribution in [2.45, 2.75) is 16.6 Å². The Balaban J connectivity index is 1.80. The molecule has 10 heteroatoms. The Morgan fingerprint density at radius 3 is 2.12 bits per heavy atom. The highest BCUT2D eigenvalue weighted by molar-refractivity contribution is 7.91. The first-order valence-electron chi connectivity index (χ1n) is 9.75. The Kier molecular flexibility index (Phi) is 7.09. The molecule has 0 spiro atoms. The summed E-state index contributed by atoms with van der Waals surface area (Å²) in [5.41, 5.74) is 6.39. The van der Waals surface area contributed by atoms with Gasteiger partial charge in [-0.15, -0.1) is 0 Å². The fraction of sp³-hybridized carbons (Fsp3) is 0.0870. The maximum absolute atomic E-state index is 13.2. The highest BCUT2D eigenvalue weighted by Gasteiger charge is 2.31.